The molecule has 3 heterocycles. The van der Waals surface area contributed by atoms with Crippen molar-refractivity contribution in [1.82, 2.24) is 24.7 Å². The zero-order chi connectivity index (χ0) is 24.7. The second kappa shape index (κ2) is 8.64. The summed E-state index contributed by atoms with van der Waals surface area (Å²) < 4.78 is 61.2. The number of rotatable bonds is 6. The van der Waals surface area contributed by atoms with E-state index >= 15 is 0 Å². The molecule has 4 aromatic rings. The van der Waals surface area contributed by atoms with Gasteiger partial charge in [-0.1, -0.05) is 0 Å². The van der Waals surface area contributed by atoms with E-state index in [1.807, 2.05) is 6.92 Å². The van der Waals surface area contributed by atoms with E-state index in [4.69, 9.17) is 4.74 Å². The average molecular weight is 484 g/mol. The van der Waals surface area contributed by atoms with Crippen LogP contribution in [-0.4, -0.2) is 37.9 Å². The first-order valence-corrected chi connectivity index (χ1v) is 11.0. The Morgan fingerprint density at radius 2 is 1.83 bits per heavy atom. The molecule has 35 heavy (non-hydrogen) atoms. The summed E-state index contributed by atoms with van der Waals surface area (Å²) in [6.07, 6.45) is 1.58. The van der Waals surface area contributed by atoms with Crippen LogP contribution < -0.4 is 10.1 Å². The summed E-state index contributed by atoms with van der Waals surface area (Å²) in [7, 11) is 0. The number of aromatic nitrogens is 5. The molecule has 1 N–H and O–H groups in total. The van der Waals surface area contributed by atoms with E-state index in [1.165, 1.54) is 30.7 Å². The fourth-order valence-corrected chi connectivity index (χ4v) is 4.23. The third-order valence-corrected chi connectivity index (χ3v) is 5.65. The minimum atomic E-state index is -4.62. The van der Waals surface area contributed by atoms with Crippen molar-refractivity contribution in [2.75, 3.05) is 18.5 Å². The van der Waals surface area contributed by atoms with E-state index in [2.05, 4.69) is 25.4 Å². The van der Waals surface area contributed by atoms with Gasteiger partial charge in [0.2, 0.25) is 0 Å². The number of nitrogens with one attached hydrogen (secondary N) is 1. The van der Waals surface area contributed by atoms with Crippen LogP contribution in [0.15, 0.2) is 43.0 Å². The molecule has 5 rings (SSSR count). The van der Waals surface area contributed by atoms with E-state index < -0.39 is 17.7 Å². The number of fused-ring (bicyclic) bond motifs is 3. The Hall–Kier alpha value is -4.02. The summed E-state index contributed by atoms with van der Waals surface area (Å²) in [5.74, 6) is -0.468. The molecule has 180 valence electrons. The van der Waals surface area contributed by atoms with Gasteiger partial charge in [0.05, 0.1) is 18.0 Å². The van der Waals surface area contributed by atoms with Crippen molar-refractivity contribution in [2.45, 2.75) is 26.4 Å². The van der Waals surface area contributed by atoms with Gasteiger partial charge in [0.25, 0.3) is 0 Å². The predicted molar refractivity (Wildman–Crippen MR) is 121 cm³/mol. The molecule has 0 spiro atoms. The first kappa shape index (κ1) is 22.8. The van der Waals surface area contributed by atoms with Crippen LogP contribution in [0.25, 0.3) is 27.9 Å². The first-order chi connectivity index (χ1) is 16.8. The van der Waals surface area contributed by atoms with E-state index in [-0.39, 0.29) is 6.01 Å². The van der Waals surface area contributed by atoms with Crippen molar-refractivity contribution >= 4 is 5.69 Å². The number of pyridine rings is 1. The van der Waals surface area contributed by atoms with Crippen molar-refractivity contribution in [2.24, 2.45) is 0 Å². The third kappa shape index (κ3) is 4.07. The molecule has 0 bridgehead atoms. The summed E-state index contributed by atoms with van der Waals surface area (Å²) in [5, 5.41) is 6.96. The molecule has 0 amide bonds. The van der Waals surface area contributed by atoms with Gasteiger partial charge in [0, 0.05) is 60.1 Å². The summed E-state index contributed by atoms with van der Waals surface area (Å²) in [6.45, 7) is 4.66. The number of hydrogen-bond donors (Lipinski definition) is 1. The summed E-state index contributed by atoms with van der Waals surface area (Å²) in [5.41, 5.74) is 3.37. The Balaban J connectivity index is 1.76. The van der Waals surface area contributed by atoms with E-state index in [0.717, 1.165) is 16.3 Å². The lowest BCUT2D eigenvalue weighted by Gasteiger charge is -2.16. The highest BCUT2D eigenvalue weighted by molar-refractivity contribution is 5.91. The maximum absolute atomic E-state index is 14.6. The molecular formula is C24H20F4N6O. The Morgan fingerprint density at radius 3 is 2.49 bits per heavy atom. The van der Waals surface area contributed by atoms with Gasteiger partial charge in [0.1, 0.15) is 5.82 Å². The zero-order valence-corrected chi connectivity index (χ0v) is 18.8. The number of nitrogens with zero attached hydrogens (tertiary/aromatic N) is 5. The summed E-state index contributed by atoms with van der Waals surface area (Å²) in [4.78, 5) is 12.9. The molecule has 0 atom stereocenters. The lowest BCUT2D eigenvalue weighted by Crippen LogP contribution is -2.09. The van der Waals surface area contributed by atoms with Gasteiger partial charge in [-0.25, -0.2) is 19.0 Å². The fourth-order valence-electron chi connectivity index (χ4n) is 4.23. The maximum Gasteiger partial charge on any atom is 0.435 e. The summed E-state index contributed by atoms with van der Waals surface area (Å²) >= 11 is 0. The Bertz CT molecular complexity index is 1400. The fraction of sp³-hybridized carbons (Fsp3) is 0.250. The van der Waals surface area contributed by atoms with Gasteiger partial charge in [0.15, 0.2) is 5.69 Å². The Morgan fingerprint density at radius 1 is 1.06 bits per heavy atom. The molecule has 0 aliphatic heterocycles. The number of ether oxygens (including phenoxy) is 1. The Kier molecular flexibility index (Phi) is 5.62. The van der Waals surface area contributed by atoms with E-state index in [1.54, 1.807) is 13.1 Å². The molecule has 0 radical (unpaired) electrons. The molecular weight excluding hydrogens is 464 g/mol. The average Bonchev–Trinajstić information content (AvgIpc) is 3.45. The summed E-state index contributed by atoms with van der Waals surface area (Å²) in [6, 6.07) is 3.86. The molecule has 11 heteroatoms. The quantitative estimate of drug-likeness (QED) is 0.330. The van der Waals surface area contributed by atoms with Gasteiger partial charge < -0.3 is 10.1 Å². The molecule has 7 nitrogen and oxygen atoms in total. The number of anilines is 1. The van der Waals surface area contributed by atoms with Crippen molar-refractivity contribution < 1.29 is 22.3 Å². The minimum Gasteiger partial charge on any atom is -0.464 e. The van der Waals surface area contributed by atoms with Crippen molar-refractivity contribution in [3.8, 4) is 34.0 Å². The SMILES string of the molecule is CCNc1cc(F)cc2c1Cc1ncc(-c3cnc(OCC)nc3)c(-n3ccc(C(F)(F)F)n3)c1-2. The van der Waals surface area contributed by atoms with Crippen LogP contribution >= 0.6 is 0 Å². The van der Waals surface area contributed by atoms with Gasteiger partial charge in [-0.05, 0) is 43.2 Å². The molecule has 1 aliphatic carbocycles. The second-order valence-electron chi connectivity index (χ2n) is 7.86. The molecule has 0 fully saturated rings. The lowest BCUT2D eigenvalue weighted by atomic mass is 9.99. The van der Waals surface area contributed by atoms with Crippen molar-refractivity contribution in [3.05, 3.63) is 65.8 Å². The van der Waals surface area contributed by atoms with Crippen LogP contribution in [-0.2, 0) is 12.6 Å². The standard InChI is InChI=1S/C24H20F4N6O/c1-3-29-18-8-14(25)7-16-15(18)9-19-21(16)22(34-6-5-20(33-34)24(26,27)28)17(12-30-19)13-10-31-23(32-11-13)35-4-2/h5-8,10-12,29H,3-4,9H2,1-2H3. The molecule has 3 aromatic heterocycles. The molecule has 0 unspecified atom stereocenters. The number of hydrogen-bond acceptors (Lipinski definition) is 6. The van der Waals surface area contributed by atoms with Crippen LogP contribution in [0, 0.1) is 5.82 Å². The highest BCUT2D eigenvalue weighted by Gasteiger charge is 2.35. The maximum atomic E-state index is 14.6. The first-order valence-electron chi connectivity index (χ1n) is 11.0. The minimum absolute atomic E-state index is 0.174. The smallest absolute Gasteiger partial charge is 0.435 e. The van der Waals surface area contributed by atoms with Crippen LogP contribution in [0.1, 0.15) is 30.8 Å². The van der Waals surface area contributed by atoms with Gasteiger partial charge in [-0.15, -0.1) is 0 Å². The van der Waals surface area contributed by atoms with E-state index in [9.17, 15) is 17.6 Å². The van der Waals surface area contributed by atoms with Crippen LogP contribution in [0.5, 0.6) is 6.01 Å². The van der Waals surface area contributed by atoms with Gasteiger partial charge in [-0.2, -0.15) is 18.3 Å². The molecule has 0 saturated carbocycles. The van der Waals surface area contributed by atoms with E-state index in [0.29, 0.717) is 58.9 Å². The number of benzene rings is 1. The largest absolute Gasteiger partial charge is 0.464 e. The van der Waals surface area contributed by atoms with Crippen LogP contribution in [0.4, 0.5) is 23.2 Å². The highest BCUT2D eigenvalue weighted by Crippen LogP contribution is 2.46. The predicted octanol–water partition coefficient (Wildman–Crippen LogP) is 5.28. The van der Waals surface area contributed by atoms with Crippen LogP contribution in [0.2, 0.25) is 0 Å². The number of alkyl halides is 3. The third-order valence-electron chi connectivity index (χ3n) is 5.65. The second-order valence-corrected chi connectivity index (χ2v) is 7.86. The molecule has 1 aromatic carbocycles. The van der Waals surface area contributed by atoms with Crippen LogP contribution in [0.3, 0.4) is 0 Å². The normalized spacial score (nSPS) is 12.4. The van der Waals surface area contributed by atoms with Gasteiger partial charge >= 0.3 is 12.2 Å². The molecule has 1 aliphatic rings. The molecule has 0 saturated heterocycles. The van der Waals surface area contributed by atoms with Crippen molar-refractivity contribution in [1.29, 1.82) is 0 Å². The monoisotopic (exact) mass is 484 g/mol. The highest BCUT2D eigenvalue weighted by atomic mass is 19.4. The van der Waals surface area contributed by atoms with Crippen molar-refractivity contribution in [3.63, 3.8) is 0 Å². The lowest BCUT2D eigenvalue weighted by molar-refractivity contribution is -0.141. The van der Waals surface area contributed by atoms with Gasteiger partial charge in [-0.3, -0.25) is 4.98 Å². The number of halogens is 4. The topological polar surface area (TPSA) is 77.8 Å². The zero-order valence-electron chi connectivity index (χ0n) is 18.8. The Labute approximate surface area is 197 Å².